The van der Waals surface area contributed by atoms with Gasteiger partial charge in [-0.2, -0.15) is 0 Å². The average Bonchev–Trinajstić information content (AvgIpc) is 2.70. The molecule has 0 aromatic heterocycles. The maximum atomic E-state index is 12.2. The van der Waals surface area contributed by atoms with Crippen molar-refractivity contribution < 1.29 is 14.3 Å². The van der Waals surface area contributed by atoms with Gasteiger partial charge in [-0.05, 0) is 42.9 Å². The lowest BCUT2D eigenvalue weighted by molar-refractivity contribution is -0.122. The van der Waals surface area contributed by atoms with E-state index in [0.29, 0.717) is 22.9 Å². The number of likely N-dealkylation sites (N-methyl/N-ethyl adjacent to an activating group) is 2. The summed E-state index contributed by atoms with van der Waals surface area (Å²) in [6.07, 6.45) is 1.76. The van der Waals surface area contributed by atoms with E-state index in [1.165, 1.54) is 7.11 Å². The number of rotatable bonds is 3. The monoisotopic (exact) mass is 304 g/mol. The number of hydrogen-bond acceptors (Lipinski definition) is 4. The van der Waals surface area contributed by atoms with E-state index in [-0.39, 0.29) is 11.9 Å². The molecule has 2 rings (SSSR count). The normalized spacial score (nSPS) is 16.8. The lowest BCUT2D eigenvalue weighted by Gasteiger charge is -2.13. The molecule has 1 aliphatic heterocycles. The third-order valence-corrected chi connectivity index (χ3v) is 3.79. The molecule has 0 aliphatic carbocycles. The Balaban J connectivity index is 2.29. The van der Waals surface area contributed by atoms with Crippen LogP contribution in [0.1, 0.15) is 22.8 Å². The predicted octanol–water partition coefficient (Wildman–Crippen LogP) is 1.89. The molecule has 1 aromatic carbocycles. The summed E-state index contributed by atoms with van der Waals surface area (Å²) in [7, 11) is 3.11. The number of benzene rings is 1. The van der Waals surface area contributed by atoms with Gasteiger partial charge in [0.1, 0.15) is 5.70 Å². The second-order valence-electron chi connectivity index (χ2n) is 4.53. The molecule has 6 heteroatoms. The van der Waals surface area contributed by atoms with Crippen molar-refractivity contribution >= 4 is 35.3 Å². The molecule has 0 radical (unpaired) electrons. The van der Waals surface area contributed by atoms with Gasteiger partial charge in [0.2, 0.25) is 0 Å². The number of methoxy groups -OCH3 is 1. The van der Waals surface area contributed by atoms with Crippen LogP contribution in [0.2, 0.25) is 0 Å². The van der Waals surface area contributed by atoms with Gasteiger partial charge < -0.3 is 9.64 Å². The van der Waals surface area contributed by atoms with Crippen LogP contribution in [0.3, 0.4) is 0 Å². The van der Waals surface area contributed by atoms with E-state index in [2.05, 4.69) is 4.74 Å². The van der Waals surface area contributed by atoms with Crippen LogP contribution >= 0.6 is 12.2 Å². The first kappa shape index (κ1) is 15.2. The zero-order chi connectivity index (χ0) is 15.6. The van der Waals surface area contributed by atoms with Crippen LogP contribution in [0.5, 0.6) is 0 Å². The Labute approximate surface area is 128 Å². The fourth-order valence-electron chi connectivity index (χ4n) is 2.08. The van der Waals surface area contributed by atoms with Crippen LogP contribution in [-0.2, 0) is 9.53 Å². The van der Waals surface area contributed by atoms with E-state index in [9.17, 15) is 9.59 Å². The Morgan fingerprint density at radius 3 is 2.43 bits per heavy atom. The molecule has 1 fully saturated rings. The molecular formula is C15H16N2O3S. The van der Waals surface area contributed by atoms with Crippen LogP contribution in [0.4, 0.5) is 0 Å². The Bertz CT molecular complexity index is 622. The summed E-state index contributed by atoms with van der Waals surface area (Å²) in [4.78, 5) is 26.8. The number of carbonyl (C=O) groups excluding carboxylic acids is 2. The zero-order valence-corrected chi connectivity index (χ0v) is 12.9. The lowest BCUT2D eigenvalue weighted by Crippen LogP contribution is -2.30. The predicted molar refractivity (Wildman–Crippen MR) is 83.5 cm³/mol. The highest BCUT2D eigenvalue weighted by molar-refractivity contribution is 7.80. The van der Waals surface area contributed by atoms with E-state index in [4.69, 9.17) is 12.2 Å². The minimum absolute atomic E-state index is 0.109. The third kappa shape index (κ3) is 2.80. The van der Waals surface area contributed by atoms with Crippen molar-refractivity contribution in [1.29, 1.82) is 0 Å². The first-order valence-corrected chi connectivity index (χ1v) is 6.90. The van der Waals surface area contributed by atoms with Crippen molar-refractivity contribution in [3.63, 3.8) is 0 Å². The zero-order valence-electron chi connectivity index (χ0n) is 12.1. The molecule has 1 saturated heterocycles. The molecule has 0 N–H and O–H groups in total. The first-order valence-electron chi connectivity index (χ1n) is 6.49. The van der Waals surface area contributed by atoms with Crippen molar-refractivity contribution in [3.8, 4) is 0 Å². The molecule has 21 heavy (non-hydrogen) atoms. The highest BCUT2D eigenvalue weighted by atomic mass is 32.1. The van der Waals surface area contributed by atoms with Gasteiger partial charge >= 0.3 is 5.97 Å². The molecule has 1 heterocycles. The second kappa shape index (κ2) is 6.05. The number of ether oxygens (including phenoxy) is 1. The lowest BCUT2D eigenvalue weighted by atomic mass is 10.1. The minimum atomic E-state index is -0.387. The van der Waals surface area contributed by atoms with Gasteiger partial charge in [0, 0.05) is 13.6 Å². The van der Waals surface area contributed by atoms with Crippen LogP contribution in [-0.4, -0.2) is 47.5 Å². The maximum absolute atomic E-state index is 12.2. The van der Waals surface area contributed by atoms with Gasteiger partial charge in [-0.3, -0.25) is 9.69 Å². The van der Waals surface area contributed by atoms with Gasteiger partial charge in [-0.15, -0.1) is 0 Å². The summed E-state index contributed by atoms with van der Waals surface area (Å²) in [5.74, 6) is -0.497. The van der Waals surface area contributed by atoms with Crippen LogP contribution in [0, 0.1) is 0 Å². The molecular weight excluding hydrogens is 288 g/mol. The molecule has 0 atom stereocenters. The smallest absolute Gasteiger partial charge is 0.337 e. The Kier molecular flexibility index (Phi) is 4.37. The van der Waals surface area contributed by atoms with Crippen LogP contribution < -0.4 is 0 Å². The maximum Gasteiger partial charge on any atom is 0.337 e. The van der Waals surface area contributed by atoms with E-state index in [1.807, 2.05) is 6.92 Å². The molecule has 0 saturated carbocycles. The fourth-order valence-corrected chi connectivity index (χ4v) is 2.39. The summed E-state index contributed by atoms with van der Waals surface area (Å²) in [5, 5.41) is 0.500. The van der Waals surface area contributed by atoms with Gasteiger partial charge in [0.15, 0.2) is 5.11 Å². The first-order chi connectivity index (χ1) is 9.99. The average molecular weight is 304 g/mol. The summed E-state index contributed by atoms with van der Waals surface area (Å²) >= 11 is 5.23. The molecule has 1 aliphatic rings. The number of amides is 1. The number of nitrogens with zero attached hydrogens (tertiary/aromatic N) is 2. The molecule has 5 nitrogen and oxygen atoms in total. The highest BCUT2D eigenvalue weighted by Gasteiger charge is 2.34. The molecule has 0 unspecified atom stereocenters. The molecule has 1 aromatic rings. The van der Waals surface area contributed by atoms with Crippen LogP contribution in [0.25, 0.3) is 6.08 Å². The fraction of sp³-hybridized carbons (Fsp3) is 0.267. The summed E-state index contributed by atoms with van der Waals surface area (Å²) < 4.78 is 4.65. The van der Waals surface area contributed by atoms with E-state index >= 15 is 0 Å². The Hall–Kier alpha value is -2.21. The number of hydrogen-bond donors (Lipinski definition) is 0. The van der Waals surface area contributed by atoms with Gasteiger partial charge in [0.25, 0.3) is 5.91 Å². The Morgan fingerprint density at radius 2 is 1.95 bits per heavy atom. The van der Waals surface area contributed by atoms with E-state index in [1.54, 1.807) is 47.2 Å². The highest BCUT2D eigenvalue weighted by Crippen LogP contribution is 2.22. The topological polar surface area (TPSA) is 49.9 Å². The van der Waals surface area contributed by atoms with E-state index in [0.717, 1.165) is 5.56 Å². The van der Waals surface area contributed by atoms with Crippen molar-refractivity contribution in [3.05, 3.63) is 41.1 Å². The minimum Gasteiger partial charge on any atom is -0.465 e. The van der Waals surface area contributed by atoms with Gasteiger partial charge in [-0.1, -0.05) is 12.1 Å². The third-order valence-electron chi connectivity index (χ3n) is 3.29. The number of thiocarbonyl (C=S) groups is 1. The molecule has 0 bridgehead atoms. The molecule has 110 valence electrons. The van der Waals surface area contributed by atoms with Crippen molar-refractivity contribution in [2.45, 2.75) is 6.92 Å². The number of esters is 1. The largest absolute Gasteiger partial charge is 0.465 e. The SMILES string of the molecule is CCN1C(=O)C(=Cc2ccc(C(=O)OC)cc2)N(C)C1=S. The molecule has 1 amide bonds. The number of carbonyl (C=O) groups is 2. The van der Waals surface area contributed by atoms with E-state index < -0.39 is 0 Å². The standard InChI is InChI=1S/C15H16N2O3S/c1-4-17-13(18)12(16(2)15(17)21)9-10-5-7-11(8-6-10)14(19)20-3/h5-9H,4H2,1-3H3. The summed E-state index contributed by atoms with van der Waals surface area (Å²) in [6, 6.07) is 6.84. The van der Waals surface area contributed by atoms with Crippen molar-refractivity contribution in [2.24, 2.45) is 0 Å². The molecule has 0 spiro atoms. The quantitative estimate of drug-likeness (QED) is 0.485. The van der Waals surface area contributed by atoms with Crippen molar-refractivity contribution in [1.82, 2.24) is 9.80 Å². The Morgan fingerprint density at radius 1 is 1.33 bits per heavy atom. The van der Waals surface area contributed by atoms with Gasteiger partial charge in [-0.25, -0.2) is 4.79 Å². The van der Waals surface area contributed by atoms with Crippen molar-refractivity contribution in [2.75, 3.05) is 20.7 Å². The summed E-state index contributed by atoms with van der Waals surface area (Å²) in [5.41, 5.74) is 1.81. The summed E-state index contributed by atoms with van der Waals surface area (Å²) in [6.45, 7) is 2.42. The van der Waals surface area contributed by atoms with Gasteiger partial charge in [0.05, 0.1) is 12.7 Å². The second-order valence-corrected chi connectivity index (χ2v) is 4.90. The van der Waals surface area contributed by atoms with Crippen LogP contribution in [0.15, 0.2) is 30.0 Å².